The standard InChI is InChI=1S/C11H11NO.C2H6/c1-6-4-9-8(3)11(13)12-10(9)5-7(6)2;1-2/h4-5H,3H2,1-2H3,(H,12,13);1-2H3. The first-order valence-electron chi connectivity index (χ1n) is 5.21. The smallest absolute Gasteiger partial charge is 0.255 e. The lowest BCUT2D eigenvalue weighted by atomic mass is 10.0. The average molecular weight is 203 g/mol. The van der Waals surface area contributed by atoms with Crippen molar-refractivity contribution < 1.29 is 4.79 Å². The van der Waals surface area contributed by atoms with Crippen molar-refractivity contribution in [3.05, 3.63) is 35.4 Å². The fourth-order valence-electron chi connectivity index (χ4n) is 1.49. The van der Waals surface area contributed by atoms with Crippen LogP contribution >= 0.6 is 0 Å². The molecule has 1 aromatic rings. The summed E-state index contributed by atoms with van der Waals surface area (Å²) < 4.78 is 0. The zero-order valence-corrected chi connectivity index (χ0v) is 9.77. The second-order valence-corrected chi connectivity index (χ2v) is 3.41. The van der Waals surface area contributed by atoms with E-state index < -0.39 is 0 Å². The molecule has 0 radical (unpaired) electrons. The van der Waals surface area contributed by atoms with Crippen LogP contribution in [0.15, 0.2) is 18.7 Å². The Morgan fingerprint density at radius 2 is 1.67 bits per heavy atom. The molecule has 1 amide bonds. The first-order valence-corrected chi connectivity index (χ1v) is 5.21. The number of fused-ring (bicyclic) bond motifs is 1. The molecule has 0 bridgehead atoms. The number of rotatable bonds is 0. The Morgan fingerprint density at radius 3 is 2.27 bits per heavy atom. The van der Waals surface area contributed by atoms with Crippen molar-refractivity contribution in [2.24, 2.45) is 0 Å². The Balaban J connectivity index is 0.000000531. The maximum atomic E-state index is 11.2. The number of nitrogens with one attached hydrogen (secondary N) is 1. The highest BCUT2D eigenvalue weighted by Crippen LogP contribution is 2.32. The molecule has 2 rings (SSSR count). The second kappa shape index (κ2) is 4.30. The van der Waals surface area contributed by atoms with E-state index in [0.717, 1.165) is 11.3 Å². The maximum Gasteiger partial charge on any atom is 0.255 e. The molecular weight excluding hydrogens is 186 g/mol. The van der Waals surface area contributed by atoms with Crippen LogP contribution in [-0.2, 0) is 4.79 Å². The Morgan fingerprint density at radius 1 is 1.13 bits per heavy atom. The fourth-order valence-corrected chi connectivity index (χ4v) is 1.49. The summed E-state index contributed by atoms with van der Waals surface area (Å²) in [5.74, 6) is -0.0833. The molecule has 2 nitrogen and oxygen atoms in total. The number of carbonyl (C=O) groups is 1. The van der Waals surface area contributed by atoms with Crippen LogP contribution in [0.4, 0.5) is 5.69 Å². The van der Waals surface area contributed by atoms with Gasteiger partial charge in [-0.1, -0.05) is 20.4 Å². The lowest BCUT2D eigenvalue weighted by Crippen LogP contribution is -2.02. The minimum absolute atomic E-state index is 0.0833. The molecule has 1 heterocycles. The van der Waals surface area contributed by atoms with Gasteiger partial charge in [0.15, 0.2) is 0 Å². The third-order valence-electron chi connectivity index (χ3n) is 2.48. The van der Waals surface area contributed by atoms with Crippen molar-refractivity contribution in [2.45, 2.75) is 27.7 Å². The molecule has 0 saturated carbocycles. The van der Waals surface area contributed by atoms with Gasteiger partial charge in [0.2, 0.25) is 0 Å². The molecule has 1 aliphatic rings. The molecular formula is C13H17NO. The Labute approximate surface area is 91.0 Å². The van der Waals surface area contributed by atoms with Gasteiger partial charge in [-0.05, 0) is 37.1 Å². The number of anilines is 1. The summed E-state index contributed by atoms with van der Waals surface area (Å²) in [7, 11) is 0. The topological polar surface area (TPSA) is 29.1 Å². The fraction of sp³-hybridized carbons (Fsp3) is 0.308. The van der Waals surface area contributed by atoms with E-state index in [9.17, 15) is 4.79 Å². The third-order valence-corrected chi connectivity index (χ3v) is 2.48. The minimum Gasteiger partial charge on any atom is -0.321 e. The van der Waals surface area contributed by atoms with E-state index in [-0.39, 0.29) is 5.91 Å². The van der Waals surface area contributed by atoms with Crippen molar-refractivity contribution >= 4 is 17.2 Å². The minimum atomic E-state index is -0.0833. The molecule has 1 N–H and O–H groups in total. The van der Waals surface area contributed by atoms with Crippen LogP contribution < -0.4 is 5.32 Å². The van der Waals surface area contributed by atoms with Gasteiger partial charge in [0.05, 0.1) is 0 Å². The van der Waals surface area contributed by atoms with Crippen LogP contribution in [0, 0.1) is 13.8 Å². The number of hydrogen-bond acceptors (Lipinski definition) is 1. The molecule has 1 aliphatic heterocycles. The van der Waals surface area contributed by atoms with Gasteiger partial charge >= 0.3 is 0 Å². The van der Waals surface area contributed by atoms with Gasteiger partial charge < -0.3 is 5.32 Å². The van der Waals surface area contributed by atoms with Gasteiger partial charge in [-0.3, -0.25) is 4.79 Å². The van der Waals surface area contributed by atoms with E-state index in [1.165, 1.54) is 11.1 Å². The molecule has 0 aliphatic carbocycles. The summed E-state index contributed by atoms with van der Waals surface area (Å²) in [5, 5.41) is 2.78. The third kappa shape index (κ3) is 1.94. The van der Waals surface area contributed by atoms with Crippen molar-refractivity contribution in [1.82, 2.24) is 0 Å². The Kier molecular flexibility index (Phi) is 3.30. The second-order valence-electron chi connectivity index (χ2n) is 3.41. The van der Waals surface area contributed by atoms with Crippen molar-refractivity contribution in [2.75, 3.05) is 5.32 Å². The van der Waals surface area contributed by atoms with E-state index in [1.807, 2.05) is 39.8 Å². The lowest BCUT2D eigenvalue weighted by Gasteiger charge is -2.03. The van der Waals surface area contributed by atoms with Crippen LogP contribution in [-0.4, -0.2) is 5.91 Å². The van der Waals surface area contributed by atoms with Crippen molar-refractivity contribution in [3.63, 3.8) is 0 Å². The van der Waals surface area contributed by atoms with E-state index >= 15 is 0 Å². The quantitative estimate of drug-likeness (QED) is 0.644. The van der Waals surface area contributed by atoms with Crippen LogP contribution in [0.5, 0.6) is 0 Å². The highest BCUT2D eigenvalue weighted by molar-refractivity contribution is 6.31. The predicted octanol–water partition coefficient (Wildman–Crippen LogP) is 3.29. The van der Waals surface area contributed by atoms with Crippen molar-refractivity contribution in [1.29, 1.82) is 0 Å². The number of amides is 1. The van der Waals surface area contributed by atoms with Crippen molar-refractivity contribution in [3.8, 4) is 0 Å². The van der Waals surface area contributed by atoms with E-state index in [1.54, 1.807) is 0 Å². The normalized spacial score (nSPS) is 12.8. The molecule has 0 unspecified atom stereocenters. The molecule has 0 aromatic heterocycles. The zero-order chi connectivity index (χ0) is 11.6. The number of carbonyl (C=O) groups excluding carboxylic acids is 1. The molecule has 0 fully saturated rings. The van der Waals surface area contributed by atoms with Crippen LogP contribution in [0.25, 0.3) is 5.57 Å². The molecule has 0 saturated heterocycles. The summed E-state index contributed by atoms with van der Waals surface area (Å²) in [6.45, 7) is 11.8. The molecule has 0 atom stereocenters. The molecule has 80 valence electrons. The first-order chi connectivity index (χ1) is 7.09. The monoisotopic (exact) mass is 203 g/mol. The summed E-state index contributed by atoms with van der Waals surface area (Å²) in [5.41, 5.74) is 4.77. The van der Waals surface area contributed by atoms with E-state index in [4.69, 9.17) is 0 Å². The van der Waals surface area contributed by atoms with Crippen LogP contribution in [0.3, 0.4) is 0 Å². The summed E-state index contributed by atoms with van der Waals surface area (Å²) in [6.07, 6.45) is 0. The Bertz CT molecular complexity index is 419. The summed E-state index contributed by atoms with van der Waals surface area (Å²) in [4.78, 5) is 11.2. The van der Waals surface area contributed by atoms with Gasteiger partial charge in [-0.25, -0.2) is 0 Å². The van der Waals surface area contributed by atoms with E-state index in [0.29, 0.717) is 5.57 Å². The molecule has 15 heavy (non-hydrogen) atoms. The van der Waals surface area contributed by atoms with Crippen LogP contribution in [0.2, 0.25) is 0 Å². The largest absolute Gasteiger partial charge is 0.321 e. The Hall–Kier alpha value is -1.57. The molecule has 2 heteroatoms. The molecule has 1 aromatic carbocycles. The number of benzene rings is 1. The SMILES string of the molecule is C=C1C(=O)Nc2cc(C)c(C)cc21.CC. The highest BCUT2D eigenvalue weighted by Gasteiger charge is 2.22. The van der Waals surface area contributed by atoms with Gasteiger partial charge in [0, 0.05) is 16.8 Å². The van der Waals surface area contributed by atoms with Gasteiger partial charge in [-0.2, -0.15) is 0 Å². The summed E-state index contributed by atoms with van der Waals surface area (Å²) in [6, 6.07) is 3.99. The lowest BCUT2D eigenvalue weighted by molar-refractivity contribution is -0.110. The summed E-state index contributed by atoms with van der Waals surface area (Å²) >= 11 is 0. The van der Waals surface area contributed by atoms with Gasteiger partial charge in [0.1, 0.15) is 0 Å². The molecule has 0 spiro atoms. The number of aryl methyl sites for hydroxylation is 2. The van der Waals surface area contributed by atoms with Gasteiger partial charge in [0.25, 0.3) is 5.91 Å². The first kappa shape index (κ1) is 11.5. The van der Waals surface area contributed by atoms with Gasteiger partial charge in [-0.15, -0.1) is 0 Å². The average Bonchev–Trinajstić information content (AvgIpc) is 2.49. The van der Waals surface area contributed by atoms with Crippen LogP contribution in [0.1, 0.15) is 30.5 Å². The highest BCUT2D eigenvalue weighted by atomic mass is 16.1. The predicted molar refractivity (Wildman–Crippen MR) is 64.9 cm³/mol. The zero-order valence-electron chi connectivity index (χ0n) is 9.77. The maximum absolute atomic E-state index is 11.2. The van der Waals surface area contributed by atoms with E-state index in [2.05, 4.69) is 11.9 Å². The number of hydrogen-bond donors (Lipinski definition) is 1.